The SMILES string of the molecule is CC1CCC(Oc2cc(CNC(=O)Nc3nnc(C(F)F)s3)ccn2)CC1. The van der Waals surface area contributed by atoms with Gasteiger partial charge in [0.2, 0.25) is 11.0 Å². The lowest BCUT2D eigenvalue weighted by Gasteiger charge is -2.26. The molecule has 0 aromatic carbocycles. The fourth-order valence-corrected chi connectivity index (χ4v) is 3.43. The quantitative estimate of drug-likeness (QED) is 0.764. The predicted octanol–water partition coefficient (Wildman–Crippen LogP) is 4.15. The molecular weight excluding hydrogens is 376 g/mol. The van der Waals surface area contributed by atoms with Crippen molar-refractivity contribution in [3.8, 4) is 5.88 Å². The van der Waals surface area contributed by atoms with Crippen LogP contribution in [0.4, 0.5) is 18.7 Å². The zero-order valence-electron chi connectivity index (χ0n) is 14.8. The summed E-state index contributed by atoms with van der Waals surface area (Å²) in [4.78, 5) is 16.1. The molecule has 146 valence electrons. The number of hydrogen-bond acceptors (Lipinski definition) is 6. The zero-order valence-corrected chi connectivity index (χ0v) is 15.6. The third-order valence-electron chi connectivity index (χ3n) is 4.35. The number of anilines is 1. The number of carbonyl (C=O) groups excluding carboxylic acids is 1. The first-order valence-corrected chi connectivity index (χ1v) is 9.59. The molecule has 0 aliphatic heterocycles. The third kappa shape index (κ3) is 5.81. The van der Waals surface area contributed by atoms with Gasteiger partial charge in [-0.1, -0.05) is 18.3 Å². The number of urea groups is 1. The summed E-state index contributed by atoms with van der Waals surface area (Å²) in [6, 6.07) is 3.01. The van der Waals surface area contributed by atoms with Crippen LogP contribution in [0, 0.1) is 5.92 Å². The van der Waals surface area contributed by atoms with Gasteiger partial charge in [-0.15, -0.1) is 10.2 Å². The number of nitrogens with zero attached hydrogens (tertiary/aromatic N) is 3. The second kappa shape index (κ2) is 9.03. The van der Waals surface area contributed by atoms with Crippen LogP contribution in [0.25, 0.3) is 0 Å². The Bertz CT molecular complexity index is 765. The van der Waals surface area contributed by atoms with Crippen molar-refractivity contribution in [3.63, 3.8) is 0 Å². The van der Waals surface area contributed by atoms with Crippen molar-refractivity contribution in [3.05, 3.63) is 28.9 Å². The van der Waals surface area contributed by atoms with Crippen LogP contribution < -0.4 is 15.4 Å². The summed E-state index contributed by atoms with van der Waals surface area (Å²) in [5.41, 5.74) is 0.824. The number of rotatable bonds is 6. The van der Waals surface area contributed by atoms with Crippen LogP contribution in [-0.4, -0.2) is 27.3 Å². The van der Waals surface area contributed by atoms with Crippen molar-refractivity contribution < 1.29 is 18.3 Å². The molecule has 1 aliphatic rings. The van der Waals surface area contributed by atoms with Gasteiger partial charge in [-0.05, 0) is 43.2 Å². The number of halogens is 2. The molecule has 2 aromatic heterocycles. The molecule has 2 amide bonds. The molecule has 0 bridgehead atoms. The van der Waals surface area contributed by atoms with Crippen molar-refractivity contribution in [2.24, 2.45) is 5.92 Å². The van der Waals surface area contributed by atoms with E-state index in [0.29, 0.717) is 17.2 Å². The van der Waals surface area contributed by atoms with Gasteiger partial charge < -0.3 is 10.1 Å². The Hall–Kier alpha value is -2.36. The molecular formula is C17H21F2N5O2S. The third-order valence-corrected chi connectivity index (χ3v) is 5.20. The molecule has 10 heteroatoms. The molecule has 3 rings (SSSR count). The molecule has 2 N–H and O–H groups in total. The van der Waals surface area contributed by atoms with Crippen LogP contribution in [0.15, 0.2) is 18.3 Å². The normalized spacial score (nSPS) is 19.7. The minimum atomic E-state index is -2.70. The van der Waals surface area contributed by atoms with E-state index in [0.717, 1.165) is 37.2 Å². The zero-order chi connectivity index (χ0) is 19.2. The first kappa shape index (κ1) is 19.4. The van der Waals surface area contributed by atoms with E-state index < -0.39 is 17.5 Å². The maximum absolute atomic E-state index is 12.5. The van der Waals surface area contributed by atoms with Crippen LogP contribution >= 0.6 is 11.3 Å². The summed E-state index contributed by atoms with van der Waals surface area (Å²) in [6.45, 7) is 2.49. The summed E-state index contributed by atoms with van der Waals surface area (Å²) in [5.74, 6) is 1.29. The highest BCUT2D eigenvalue weighted by atomic mass is 32.1. The number of aromatic nitrogens is 3. The van der Waals surface area contributed by atoms with Gasteiger partial charge in [0.15, 0.2) is 5.01 Å². The summed E-state index contributed by atoms with van der Waals surface area (Å²) < 4.78 is 30.9. The van der Waals surface area contributed by atoms with Gasteiger partial charge in [-0.25, -0.2) is 18.6 Å². The van der Waals surface area contributed by atoms with Crippen LogP contribution in [0.2, 0.25) is 0 Å². The van der Waals surface area contributed by atoms with E-state index >= 15 is 0 Å². The van der Waals surface area contributed by atoms with E-state index in [-0.39, 0.29) is 17.8 Å². The number of alkyl halides is 2. The lowest BCUT2D eigenvalue weighted by Crippen LogP contribution is -2.28. The van der Waals surface area contributed by atoms with E-state index in [1.54, 1.807) is 18.3 Å². The van der Waals surface area contributed by atoms with Crippen molar-refractivity contribution in [1.29, 1.82) is 0 Å². The molecule has 0 radical (unpaired) electrons. The summed E-state index contributed by atoms with van der Waals surface area (Å²) in [6.07, 6.45) is 3.47. The van der Waals surface area contributed by atoms with Gasteiger partial charge in [0.05, 0.1) is 0 Å². The Balaban J connectivity index is 1.48. The number of amides is 2. The van der Waals surface area contributed by atoms with E-state index in [1.165, 1.54) is 0 Å². The number of ether oxygens (including phenoxy) is 1. The highest BCUT2D eigenvalue weighted by Crippen LogP contribution is 2.27. The molecule has 0 spiro atoms. The van der Waals surface area contributed by atoms with Crippen molar-refractivity contribution in [1.82, 2.24) is 20.5 Å². The standard InChI is InChI=1S/C17H21F2N5O2S/c1-10-2-4-12(5-3-10)26-13-8-11(6-7-20-13)9-21-16(25)22-17-24-23-15(27-17)14(18)19/h6-8,10,12,14H,2-5,9H2,1H3,(H2,21,22,24,25). The van der Waals surface area contributed by atoms with Crippen molar-refractivity contribution in [2.45, 2.75) is 51.7 Å². The fourth-order valence-electron chi connectivity index (χ4n) is 2.84. The second-order valence-electron chi connectivity index (χ2n) is 6.56. The molecule has 0 saturated heterocycles. The van der Waals surface area contributed by atoms with Crippen LogP contribution in [0.1, 0.15) is 49.6 Å². The fraction of sp³-hybridized carbons (Fsp3) is 0.529. The Labute approximate surface area is 159 Å². The average Bonchev–Trinajstić information content (AvgIpc) is 3.11. The van der Waals surface area contributed by atoms with Gasteiger partial charge in [0.25, 0.3) is 6.43 Å². The predicted molar refractivity (Wildman–Crippen MR) is 97.0 cm³/mol. The molecule has 27 heavy (non-hydrogen) atoms. The topological polar surface area (TPSA) is 89.0 Å². The Morgan fingerprint density at radius 2 is 2.11 bits per heavy atom. The number of hydrogen-bond donors (Lipinski definition) is 2. The number of pyridine rings is 1. The van der Waals surface area contributed by atoms with Gasteiger partial charge in [-0.2, -0.15) is 0 Å². The van der Waals surface area contributed by atoms with Gasteiger partial charge in [0.1, 0.15) is 6.10 Å². The minimum Gasteiger partial charge on any atom is -0.474 e. The maximum Gasteiger partial charge on any atom is 0.321 e. The van der Waals surface area contributed by atoms with Crippen molar-refractivity contribution >= 4 is 22.5 Å². The maximum atomic E-state index is 12.5. The van der Waals surface area contributed by atoms with E-state index in [2.05, 4.69) is 32.7 Å². The van der Waals surface area contributed by atoms with Crippen LogP contribution in [0.5, 0.6) is 5.88 Å². The average molecular weight is 397 g/mol. The largest absolute Gasteiger partial charge is 0.474 e. The molecule has 0 unspecified atom stereocenters. The van der Waals surface area contributed by atoms with Gasteiger partial charge in [-0.3, -0.25) is 5.32 Å². The summed E-state index contributed by atoms with van der Waals surface area (Å²) >= 11 is 0.639. The monoisotopic (exact) mass is 397 g/mol. The summed E-state index contributed by atoms with van der Waals surface area (Å²) in [7, 11) is 0. The molecule has 2 heterocycles. The highest BCUT2D eigenvalue weighted by Gasteiger charge is 2.20. The molecule has 0 atom stereocenters. The summed E-state index contributed by atoms with van der Waals surface area (Å²) in [5, 5.41) is 11.4. The Kier molecular flexibility index (Phi) is 6.49. The first-order valence-electron chi connectivity index (χ1n) is 8.77. The Morgan fingerprint density at radius 1 is 1.33 bits per heavy atom. The Morgan fingerprint density at radius 3 is 2.81 bits per heavy atom. The van der Waals surface area contributed by atoms with Crippen LogP contribution in [-0.2, 0) is 6.54 Å². The van der Waals surface area contributed by atoms with Gasteiger partial charge in [0, 0.05) is 18.8 Å². The minimum absolute atomic E-state index is 0.0214. The lowest BCUT2D eigenvalue weighted by atomic mass is 9.89. The second-order valence-corrected chi connectivity index (χ2v) is 7.56. The molecule has 7 nitrogen and oxygen atoms in total. The lowest BCUT2D eigenvalue weighted by molar-refractivity contribution is 0.130. The molecule has 2 aromatic rings. The molecule has 1 saturated carbocycles. The smallest absolute Gasteiger partial charge is 0.321 e. The van der Waals surface area contributed by atoms with E-state index in [1.807, 2.05) is 0 Å². The first-order chi connectivity index (χ1) is 13.0. The van der Waals surface area contributed by atoms with E-state index in [4.69, 9.17) is 4.74 Å². The van der Waals surface area contributed by atoms with E-state index in [9.17, 15) is 13.6 Å². The van der Waals surface area contributed by atoms with Gasteiger partial charge >= 0.3 is 6.03 Å². The molecule has 1 aliphatic carbocycles. The number of nitrogens with one attached hydrogen (secondary N) is 2. The highest BCUT2D eigenvalue weighted by molar-refractivity contribution is 7.15. The van der Waals surface area contributed by atoms with Crippen molar-refractivity contribution in [2.75, 3.05) is 5.32 Å². The molecule has 1 fully saturated rings. The van der Waals surface area contributed by atoms with Crippen LogP contribution in [0.3, 0.4) is 0 Å². The number of carbonyl (C=O) groups is 1.